The molecule has 1 aliphatic heterocycles. The fourth-order valence-corrected chi connectivity index (χ4v) is 6.18. The largest absolute Gasteiger partial charge is 0.351 e. The van der Waals surface area contributed by atoms with Crippen LogP contribution in [0, 0.1) is 13.8 Å². The van der Waals surface area contributed by atoms with E-state index in [-0.39, 0.29) is 17.9 Å². The van der Waals surface area contributed by atoms with Crippen LogP contribution in [0.5, 0.6) is 0 Å². The van der Waals surface area contributed by atoms with Gasteiger partial charge in [-0.05, 0) is 62.8 Å². The Morgan fingerprint density at radius 3 is 2.51 bits per heavy atom. The van der Waals surface area contributed by atoms with Crippen LogP contribution in [0.25, 0.3) is 10.6 Å². The van der Waals surface area contributed by atoms with Gasteiger partial charge in [-0.15, -0.1) is 11.3 Å². The fourth-order valence-electron chi connectivity index (χ4n) is 5.50. The molecule has 3 heterocycles. The van der Waals surface area contributed by atoms with Crippen molar-refractivity contribution in [3.8, 4) is 10.6 Å². The first-order chi connectivity index (χ1) is 16.9. The van der Waals surface area contributed by atoms with Gasteiger partial charge in [0.05, 0.1) is 11.4 Å². The van der Waals surface area contributed by atoms with Gasteiger partial charge in [-0.25, -0.2) is 0 Å². The lowest BCUT2D eigenvalue weighted by Gasteiger charge is -2.44. The van der Waals surface area contributed by atoms with Crippen LogP contribution in [0.15, 0.2) is 41.8 Å². The van der Waals surface area contributed by atoms with Crippen LogP contribution >= 0.6 is 11.3 Å². The van der Waals surface area contributed by atoms with E-state index in [9.17, 15) is 9.59 Å². The topological polar surface area (TPSA) is 67.2 Å². The number of amides is 2. The van der Waals surface area contributed by atoms with Crippen molar-refractivity contribution in [3.63, 3.8) is 0 Å². The van der Waals surface area contributed by atoms with Gasteiger partial charge in [0, 0.05) is 11.7 Å². The highest BCUT2D eigenvalue weighted by Crippen LogP contribution is 2.37. The van der Waals surface area contributed by atoms with Crippen molar-refractivity contribution >= 4 is 28.8 Å². The molecule has 0 spiro atoms. The lowest BCUT2D eigenvalue weighted by Crippen LogP contribution is -2.65. The molecule has 3 aromatic rings. The maximum atomic E-state index is 14.0. The van der Waals surface area contributed by atoms with Crippen molar-refractivity contribution in [1.29, 1.82) is 0 Å². The minimum Gasteiger partial charge on any atom is -0.351 e. The zero-order valence-corrected chi connectivity index (χ0v) is 21.7. The second kappa shape index (κ2) is 9.61. The minimum absolute atomic E-state index is 0.102. The summed E-state index contributed by atoms with van der Waals surface area (Å²) in [5.41, 5.74) is 3.08. The number of nitrogens with zero attached hydrogens (tertiary/aromatic N) is 3. The Labute approximate surface area is 211 Å². The van der Waals surface area contributed by atoms with Crippen LogP contribution in [0.1, 0.15) is 73.5 Å². The van der Waals surface area contributed by atoms with Gasteiger partial charge in [-0.2, -0.15) is 5.10 Å². The fraction of sp³-hybridized carbons (Fsp3) is 0.464. The molecule has 0 saturated heterocycles. The van der Waals surface area contributed by atoms with Gasteiger partial charge in [0.25, 0.3) is 5.91 Å². The second-order valence-corrected chi connectivity index (χ2v) is 11.2. The number of benzene rings is 1. The zero-order chi connectivity index (χ0) is 24.6. The summed E-state index contributed by atoms with van der Waals surface area (Å²) in [6.07, 6.45) is 7.98. The number of hydrogen-bond donors (Lipinski definition) is 1. The predicted molar refractivity (Wildman–Crippen MR) is 141 cm³/mol. The average molecular weight is 491 g/mol. The molecule has 2 aromatic heterocycles. The van der Waals surface area contributed by atoms with Gasteiger partial charge in [0.1, 0.15) is 16.9 Å². The van der Waals surface area contributed by atoms with Crippen LogP contribution in [0.3, 0.4) is 0 Å². The summed E-state index contributed by atoms with van der Waals surface area (Å²) < 4.78 is 1.73. The first-order valence-corrected chi connectivity index (χ1v) is 13.6. The van der Waals surface area contributed by atoms with E-state index in [1.807, 2.05) is 56.5 Å². The molecule has 1 atom stereocenters. The first kappa shape index (κ1) is 23.8. The summed E-state index contributed by atoms with van der Waals surface area (Å²) in [7, 11) is 0. The van der Waals surface area contributed by atoms with Crippen molar-refractivity contribution < 1.29 is 9.59 Å². The lowest BCUT2D eigenvalue weighted by molar-refractivity contribution is -0.127. The first-order valence-electron chi connectivity index (χ1n) is 12.7. The average Bonchev–Trinajstić information content (AvgIpc) is 3.47. The molecule has 1 fully saturated rings. The highest BCUT2D eigenvalue weighted by molar-refractivity contribution is 7.13. The molecule has 5 rings (SSSR count). The molecule has 1 saturated carbocycles. The smallest absolute Gasteiger partial charge is 0.277 e. The van der Waals surface area contributed by atoms with Gasteiger partial charge < -0.3 is 5.32 Å². The summed E-state index contributed by atoms with van der Waals surface area (Å²) in [6.45, 7) is 6.24. The van der Waals surface area contributed by atoms with E-state index in [4.69, 9.17) is 5.10 Å². The monoisotopic (exact) mass is 490 g/mol. The van der Waals surface area contributed by atoms with E-state index in [1.165, 1.54) is 19.3 Å². The number of nitrogens with one attached hydrogen (secondary N) is 1. The number of aromatic nitrogens is 2. The van der Waals surface area contributed by atoms with Crippen LogP contribution in [0.2, 0.25) is 0 Å². The molecular formula is C28H34N4O2S. The number of fused-ring (bicyclic) bond motifs is 1. The van der Waals surface area contributed by atoms with Gasteiger partial charge in [-0.3, -0.25) is 19.2 Å². The highest BCUT2D eigenvalue weighted by Gasteiger charge is 2.49. The van der Waals surface area contributed by atoms with E-state index in [0.717, 1.165) is 53.1 Å². The number of anilines is 1. The summed E-state index contributed by atoms with van der Waals surface area (Å²) in [5.74, 6) is -0.288. The predicted octanol–water partition coefficient (Wildman–Crippen LogP) is 5.88. The molecule has 0 bridgehead atoms. The van der Waals surface area contributed by atoms with E-state index in [2.05, 4.69) is 11.4 Å². The Morgan fingerprint density at radius 2 is 1.83 bits per heavy atom. The van der Waals surface area contributed by atoms with E-state index < -0.39 is 5.54 Å². The number of carbonyl (C=O) groups excluding carboxylic acids is 2. The highest BCUT2D eigenvalue weighted by atomic mass is 32.1. The van der Waals surface area contributed by atoms with Crippen molar-refractivity contribution in [2.45, 2.75) is 83.8 Å². The Hall–Kier alpha value is -2.93. The molecule has 2 aliphatic rings. The molecule has 1 N–H and O–H groups in total. The number of thiophene rings is 1. The quantitative estimate of drug-likeness (QED) is 0.497. The minimum atomic E-state index is -1.09. The van der Waals surface area contributed by atoms with Gasteiger partial charge in [0.15, 0.2) is 0 Å². The normalized spacial score (nSPS) is 21.3. The molecule has 7 heteroatoms. The van der Waals surface area contributed by atoms with Crippen LogP contribution in [-0.4, -0.2) is 33.2 Å². The van der Waals surface area contributed by atoms with Crippen molar-refractivity contribution in [2.24, 2.45) is 0 Å². The third-order valence-electron chi connectivity index (χ3n) is 7.45. The van der Waals surface area contributed by atoms with Gasteiger partial charge in [0.2, 0.25) is 5.91 Å². The third-order valence-corrected chi connectivity index (χ3v) is 8.34. The second-order valence-electron chi connectivity index (χ2n) is 10.3. The maximum absolute atomic E-state index is 14.0. The van der Waals surface area contributed by atoms with E-state index in [0.29, 0.717) is 12.2 Å². The molecule has 6 nitrogen and oxygen atoms in total. The summed E-state index contributed by atoms with van der Waals surface area (Å²) >= 11 is 1.60. The van der Waals surface area contributed by atoms with Crippen molar-refractivity contribution in [1.82, 2.24) is 15.1 Å². The van der Waals surface area contributed by atoms with Crippen LogP contribution in [-0.2, 0) is 11.3 Å². The number of aryl methyl sites for hydroxylation is 2. The van der Waals surface area contributed by atoms with Crippen LogP contribution < -0.4 is 10.2 Å². The Kier molecular flexibility index (Phi) is 6.53. The van der Waals surface area contributed by atoms with Crippen molar-refractivity contribution in [3.05, 3.63) is 58.6 Å². The zero-order valence-electron chi connectivity index (χ0n) is 20.8. The molecule has 0 radical (unpaired) electrons. The molecule has 184 valence electrons. The maximum Gasteiger partial charge on any atom is 0.277 e. The summed E-state index contributed by atoms with van der Waals surface area (Å²) in [5, 5.41) is 10.1. The number of hydrogen-bond acceptors (Lipinski definition) is 4. The Morgan fingerprint density at radius 1 is 1.09 bits per heavy atom. The third kappa shape index (κ3) is 4.54. The molecule has 2 amide bonds. The Bertz CT molecular complexity index is 1220. The standard InChI is InChI=1S/C28H34N4O2S/c1-19-13-14-23(20(2)16-19)32-26(33)24-17-22(25-12-9-15-35-25)30-31(24)18-28(32,3)27(34)29-21-10-7-5-4-6-8-11-21/h9,12-17,21H,4-8,10-11,18H2,1-3H3,(H,29,34)/t28-/m1/s1. The number of carbonyl (C=O) groups is 2. The van der Waals surface area contributed by atoms with Gasteiger partial charge >= 0.3 is 0 Å². The molecule has 1 aromatic carbocycles. The summed E-state index contributed by atoms with van der Waals surface area (Å²) in [4.78, 5) is 30.8. The van der Waals surface area contributed by atoms with E-state index in [1.54, 1.807) is 20.9 Å². The molecule has 0 unspecified atom stereocenters. The molecule has 35 heavy (non-hydrogen) atoms. The molecule has 1 aliphatic carbocycles. The number of rotatable bonds is 4. The van der Waals surface area contributed by atoms with Crippen molar-refractivity contribution in [2.75, 3.05) is 4.90 Å². The van der Waals surface area contributed by atoms with Crippen LogP contribution in [0.4, 0.5) is 5.69 Å². The van der Waals surface area contributed by atoms with E-state index >= 15 is 0 Å². The Balaban J connectivity index is 1.55. The van der Waals surface area contributed by atoms with Gasteiger partial charge in [-0.1, -0.05) is 55.9 Å². The summed E-state index contributed by atoms with van der Waals surface area (Å²) in [6, 6.07) is 12.0. The lowest BCUT2D eigenvalue weighted by atomic mass is 9.91. The molecular weight excluding hydrogens is 456 g/mol. The SMILES string of the molecule is Cc1ccc(N2C(=O)c3cc(-c4cccs4)nn3C[C@]2(C)C(=O)NC2CCCCCCC2)c(C)c1.